The van der Waals surface area contributed by atoms with E-state index in [1.807, 2.05) is 30.3 Å². The van der Waals surface area contributed by atoms with Gasteiger partial charge in [-0.05, 0) is 47.2 Å². The van der Waals surface area contributed by atoms with Gasteiger partial charge < -0.3 is 16.4 Å². The first kappa shape index (κ1) is 24.2. The monoisotopic (exact) mass is 514 g/mol. The summed E-state index contributed by atoms with van der Waals surface area (Å²) in [7, 11) is 1.75. The van der Waals surface area contributed by atoms with E-state index in [1.165, 1.54) is 5.56 Å². The molecule has 2 rings (SSSR count). The Morgan fingerprint density at radius 3 is 2.36 bits per heavy atom. The number of aliphatic imine (C=N–C) groups is 1. The van der Waals surface area contributed by atoms with Crippen LogP contribution in [0.5, 0.6) is 0 Å². The quantitative estimate of drug-likeness (QED) is 0.297. The number of carbonyl (C=O) groups is 1. The lowest BCUT2D eigenvalue weighted by molar-refractivity contribution is 0.100. The average Bonchev–Trinajstić information content (AvgIpc) is 2.62. The van der Waals surface area contributed by atoms with E-state index in [9.17, 15) is 4.79 Å². The largest absolute Gasteiger partial charge is 0.366 e. The summed E-state index contributed by atoms with van der Waals surface area (Å²) in [5, 5.41) is 7.42. The van der Waals surface area contributed by atoms with Crippen molar-refractivity contribution in [3.8, 4) is 0 Å². The normalized spacial score (nSPS) is 11.5. The zero-order chi connectivity index (χ0) is 19.9. The first-order valence-electron chi connectivity index (χ1n) is 8.87. The smallest absolute Gasteiger partial charge is 0.248 e. The second-order valence-electron chi connectivity index (χ2n) is 7.31. The maximum absolute atomic E-state index is 11.1. The highest BCUT2D eigenvalue weighted by atomic mass is 127. The Bertz CT molecular complexity index is 806. The number of nitrogens with zero attached hydrogens (tertiary/aromatic N) is 1. The number of halogens is 2. The van der Waals surface area contributed by atoms with Gasteiger partial charge in [-0.3, -0.25) is 9.79 Å². The molecule has 0 bridgehead atoms. The van der Waals surface area contributed by atoms with Gasteiger partial charge in [-0.25, -0.2) is 0 Å². The molecule has 0 saturated carbocycles. The Labute approximate surface area is 189 Å². The van der Waals surface area contributed by atoms with Crippen LogP contribution in [-0.2, 0) is 13.0 Å². The van der Waals surface area contributed by atoms with Gasteiger partial charge in [0.2, 0.25) is 5.91 Å². The number of amides is 1. The summed E-state index contributed by atoms with van der Waals surface area (Å²) < 4.78 is 0. The zero-order valence-electron chi connectivity index (χ0n) is 16.5. The lowest BCUT2D eigenvalue weighted by Gasteiger charge is -2.26. The van der Waals surface area contributed by atoms with Crippen LogP contribution in [0.25, 0.3) is 0 Å². The summed E-state index contributed by atoms with van der Waals surface area (Å²) in [5.74, 6) is 0.307. The molecule has 0 aromatic heterocycles. The minimum absolute atomic E-state index is 0. The molecule has 1 amide bonds. The van der Waals surface area contributed by atoms with Crippen LogP contribution in [0.15, 0.2) is 53.5 Å². The third-order valence-electron chi connectivity index (χ3n) is 4.23. The molecule has 7 heteroatoms. The maximum Gasteiger partial charge on any atom is 0.248 e. The summed E-state index contributed by atoms with van der Waals surface area (Å²) >= 11 is 6.08. The molecule has 2 aromatic carbocycles. The van der Waals surface area contributed by atoms with E-state index in [1.54, 1.807) is 19.2 Å². The number of hydrogen-bond donors (Lipinski definition) is 3. The topological polar surface area (TPSA) is 79.5 Å². The maximum atomic E-state index is 11.1. The first-order chi connectivity index (χ1) is 12.8. The van der Waals surface area contributed by atoms with Gasteiger partial charge in [0.1, 0.15) is 0 Å². The zero-order valence-corrected chi connectivity index (χ0v) is 19.5. The van der Waals surface area contributed by atoms with E-state index in [0.717, 1.165) is 29.5 Å². The Kier molecular flexibility index (Phi) is 9.75. The van der Waals surface area contributed by atoms with Gasteiger partial charge in [-0.2, -0.15) is 0 Å². The predicted octanol–water partition coefficient (Wildman–Crippen LogP) is 3.99. The van der Waals surface area contributed by atoms with E-state index in [0.29, 0.717) is 12.1 Å². The molecule has 0 heterocycles. The van der Waals surface area contributed by atoms with E-state index >= 15 is 0 Å². The molecule has 0 saturated heterocycles. The number of rotatable bonds is 7. The molecule has 4 N–H and O–H groups in total. The highest BCUT2D eigenvalue weighted by molar-refractivity contribution is 14.0. The third-order valence-corrected chi connectivity index (χ3v) is 4.46. The molecular weight excluding hydrogens is 487 g/mol. The van der Waals surface area contributed by atoms with Gasteiger partial charge >= 0.3 is 0 Å². The van der Waals surface area contributed by atoms with Crippen molar-refractivity contribution in [3.63, 3.8) is 0 Å². The Hall–Kier alpha value is -1.80. The number of nitrogens with one attached hydrogen (secondary N) is 2. The van der Waals surface area contributed by atoms with Crippen molar-refractivity contribution in [1.29, 1.82) is 0 Å². The molecule has 0 unspecified atom stereocenters. The number of guanidine groups is 1. The minimum Gasteiger partial charge on any atom is -0.366 e. The molecule has 0 radical (unpaired) electrons. The van der Waals surface area contributed by atoms with Crippen LogP contribution in [-0.4, -0.2) is 25.5 Å². The fourth-order valence-electron chi connectivity index (χ4n) is 2.78. The summed E-state index contributed by atoms with van der Waals surface area (Å²) in [6.45, 7) is 5.78. The van der Waals surface area contributed by atoms with Crippen molar-refractivity contribution in [2.24, 2.45) is 16.1 Å². The lowest BCUT2D eigenvalue weighted by atomic mass is 9.86. The molecule has 0 spiro atoms. The standard InChI is InChI=1S/C21H27ClN4O.HI/c1-21(2,12-16-5-4-6-18(22)11-16)14-26-20(24-3)25-13-15-7-9-17(10-8-15)19(23)27;/h4-11H,12-14H2,1-3H3,(H2,23,27)(H2,24,25,26);1H. The second kappa shape index (κ2) is 11.3. The molecule has 28 heavy (non-hydrogen) atoms. The third kappa shape index (κ3) is 8.06. The Morgan fingerprint density at radius 1 is 1.11 bits per heavy atom. The highest BCUT2D eigenvalue weighted by Gasteiger charge is 2.19. The predicted molar refractivity (Wildman–Crippen MR) is 128 cm³/mol. The number of benzene rings is 2. The van der Waals surface area contributed by atoms with Crippen LogP contribution < -0.4 is 16.4 Å². The number of nitrogens with two attached hydrogens (primary N) is 1. The summed E-state index contributed by atoms with van der Waals surface area (Å²) in [5.41, 5.74) is 8.05. The first-order valence-corrected chi connectivity index (χ1v) is 9.24. The minimum atomic E-state index is -0.422. The van der Waals surface area contributed by atoms with Crippen molar-refractivity contribution < 1.29 is 4.79 Å². The molecule has 152 valence electrons. The summed E-state index contributed by atoms with van der Waals surface area (Å²) in [6, 6.07) is 15.2. The van der Waals surface area contributed by atoms with Crippen LogP contribution in [0, 0.1) is 5.41 Å². The number of hydrogen-bond acceptors (Lipinski definition) is 2. The van der Waals surface area contributed by atoms with Crippen LogP contribution in [0.1, 0.15) is 35.3 Å². The SMILES string of the molecule is CN=C(NCc1ccc(C(N)=O)cc1)NCC(C)(C)Cc1cccc(Cl)c1.I. The molecular formula is C21H28ClIN4O. The van der Waals surface area contributed by atoms with Gasteiger partial charge in [-0.1, -0.05) is 49.7 Å². The van der Waals surface area contributed by atoms with Crippen LogP contribution >= 0.6 is 35.6 Å². The molecule has 2 aromatic rings. The van der Waals surface area contributed by atoms with Gasteiger partial charge in [0, 0.05) is 30.7 Å². The fourth-order valence-corrected chi connectivity index (χ4v) is 2.99. The van der Waals surface area contributed by atoms with Gasteiger partial charge in [-0.15, -0.1) is 24.0 Å². The second-order valence-corrected chi connectivity index (χ2v) is 7.75. The number of primary amides is 1. The molecule has 0 atom stereocenters. The molecule has 0 aliphatic heterocycles. The van der Waals surface area contributed by atoms with E-state index in [2.05, 4.69) is 35.5 Å². The summed E-state index contributed by atoms with van der Waals surface area (Å²) in [4.78, 5) is 15.4. The van der Waals surface area contributed by atoms with Gasteiger partial charge in [0.05, 0.1) is 0 Å². The molecule has 0 aliphatic carbocycles. The van der Waals surface area contributed by atoms with E-state index in [-0.39, 0.29) is 29.4 Å². The van der Waals surface area contributed by atoms with Crippen LogP contribution in [0.4, 0.5) is 0 Å². The van der Waals surface area contributed by atoms with Crippen LogP contribution in [0.3, 0.4) is 0 Å². The Morgan fingerprint density at radius 2 is 1.79 bits per heavy atom. The Balaban J connectivity index is 0.00000392. The molecule has 0 aliphatic rings. The van der Waals surface area contributed by atoms with E-state index < -0.39 is 5.91 Å². The van der Waals surface area contributed by atoms with Gasteiger partial charge in [0.25, 0.3) is 0 Å². The van der Waals surface area contributed by atoms with Crippen molar-refractivity contribution >= 4 is 47.4 Å². The molecule has 0 fully saturated rings. The van der Waals surface area contributed by atoms with Crippen LogP contribution in [0.2, 0.25) is 5.02 Å². The van der Waals surface area contributed by atoms with E-state index in [4.69, 9.17) is 17.3 Å². The summed E-state index contributed by atoms with van der Waals surface area (Å²) in [6.07, 6.45) is 0.909. The molecule has 5 nitrogen and oxygen atoms in total. The average molecular weight is 515 g/mol. The van der Waals surface area contributed by atoms with Gasteiger partial charge in [0.15, 0.2) is 5.96 Å². The highest BCUT2D eigenvalue weighted by Crippen LogP contribution is 2.22. The van der Waals surface area contributed by atoms with Crippen molar-refractivity contribution in [2.45, 2.75) is 26.8 Å². The van der Waals surface area contributed by atoms with Crippen molar-refractivity contribution in [2.75, 3.05) is 13.6 Å². The number of carbonyl (C=O) groups excluding carboxylic acids is 1. The van der Waals surface area contributed by atoms with Crippen molar-refractivity contribution in [1.82, 2.24) is 10.6 Å². The van der Waals surface area contributed by atoms with Crippen molar-refractivity contribution in [3.05, 3.63) is 70.2 Å². The lowest BCUT2D eigenvalue weighted by Crippen LogP contribution is -2.42. The fraction of sp³-hybridized carbons (Fsp3) is 0.333.